The molecular formula is C9H13NO. The average Bonchev–Trinajstić information content (AvgIpc) is 2.82. The Bertz CT molecular complexity index is 200. The fourth-order valence-corrected chi connectivity index (χ4v) is 0.921. The van der Waals surface area contributed by atoms with E-state index in [0.29, 0.717) is 0 Å². The van der Waals surface area contributed by atoms with Crippen LogP contribution in [0.1, 0.15) is 19.8 Å². The lowest BCUT2D eigenvalue weighted by molar-refractivity contribution is -0.132. The molecule has 2 heteroatoms. The quantitative estimate of drug-likeness (QED) is 0.536. The van der Waals surface area contributed by atoms with Gasteiger partial charge in [-0.2, -0.15) is 0 Å². The van der Waals surface area contributed by atoms with Gasteiger partial charge in [0, 0.05) is 13.0 Å². The molecule has 1 aliphatic carbocycles. The second kappa shape index (κ2) is 2.96. The molecule has 0 saturated heterocycles. The van der Waals surface area contributed by atoms with Crippen molar-refractivity contribution < 1.29 is 4.79 Å². The fourth-order valence-electron chi connectivity index (χ4n) is 0.921. The fraction of sp³-hybridized carbons (Fsp3) is 0.667. The first-order valence-electron chi connectivity index (χ1n) is 3.89. The Morgan fingerprint density at radius 3 is 2.64 bits per heavy atom. The molecule has 1 fully saturated rings. The summed E-state index contributed by atoms with van der Waals surface area (Å²) in [6, 6.07) is -0.0666. The van der Waals surface area contributed by atoms with Crippen LogP contribution in [0.5, 0.6) is 0 Å². The summed E-state index contributed by atoms with van der Waals surface area (Å²) in [4.78, 5) is 13.0. The van der Waals surface area contributed by atoms with E-state index in [0.717, 1.165) is 12.8 Å². The van der Waals surface area contributed by atoms with Gasteiger partial charge in [0.1, 0.15) is 0 Å². The third-order valence-corrected chi connectivity index (χ3v) is 2.10. The molecule has 0 radical (unpaired) electrons. The van der Waals surface area contributed by atoms with E-state index in [9.17, 15) is 4.79 Å². The average molecular weight is 151 g/mol. The van der Waals surface area contributed by atoms with E-state index < -0.39 is 0 Å². The lowest BCUT2D eigenvalue weighted by atomic mass is 10.2. The molecule has 1 amide bonds. The molecule has 1 aliphatic rings. The first-order chi connectivity index (χ1) is 5.16. The zero-order valence-corrected chi connectivity index (χ0v) is 7.00. The second-order valence-electron chi connectivity index (χ2n) is 3.07. The van der Waals surface area contributed by atoms with Crippen molar-refractivity contribution in [2.75, 3.05) is 7.05 Å². The van der Waals surface area contributed by atoms with Gasteiger partial charge in [-0.25, -0.2) is 0 Å². The van der Waals surface area contributed by atoms with Crippen LogP contribution in [0.4, 0.5) is 0 Å². The predicted molar refractivity (Wildman–Crippen MR) is 43.8 cm³/mol. The van der Waals surface area contributed by atoms with Gasteiger partial charge in [0.25, 0.3) is 0 Å². The first-order valence-corrected chi connectivity index (χ1v) is 3.89. The summed E-state index contributed by atoms with van der Waals surface area (Å²) in [5, 5.41) is 0. The van der Waals surface area contributed by atoms with E-state index in [2.05, 4.69) is 5.92 Å². The summed E-state index contributed by atoms with van der Waals surface area (Å²) >= 11 is 0. The van der Waals surface area contributed by atoms with E-state index in [4.69, 9.17) is 6.42 Å². The molecule has 1 saturated carbocycles. The van der Waals surface area contributed by atoms with Crippen LogP contribution in [0.15, 0.2) is 0 Å². The van der Waals surface area contributed by atoms with Gasteiger partial charge in [0.05, 0.1) is 6.04 Å². The van der Waals surface area contributed by atoms with Gasteiger partial charge < -0.3 is 4.90 Å². The van der Waals surface area contributed by atoms with Gasteiger partial charge in [0.15, 0.2) is 0 Å². The van der Waals surface area contributed by atoms with Crippen LogP contribution in [-0.4, -0.2) is 23.9 Å². The highest BCUT2D eigenvalue weighted by Gasteiger charge is 2.32. The van der Waals surface area contributed by atoms with Gasteiger partial charge in [-0.05, 0) is 19.8 Å². The number of terminal acetylenes is 1. The van der Waals surface area contributed by atoms with Crippen molar-refractivity contribution in [3.05, 3.63) is 0 Å². The highest BCUT2D eigenvalue weighted by molar-refractivity contribution is 5.81. The molecule has 60 valence electrons. The van der Waals surface area contributed by atoms with Crippen molar-refractivity contribution in [1.82, 2.24) is 4.90 Å². The van der Waals surface area contributed by atoms with E-state index in [-0.39, 0.29) is 17.9 Å². The Morgan fingerprint density at radius 2 is 2.27 bits per heavy atom. The normalized spacial score (nSPS) is 18.6. The summed E-state index contributed by atoms with van der Waals surface area (Å²) in [5.74, 6) is 3.01. The van der Waals surface area contributed by atoms with Crippen molar-refractivity contribution in [2.24, 2.45) is 5.92 Å². The standard InChI is InChI=1S/C9H13NO/c1-4-7(2)10(3)9(11)8-5-6-8/h1,7-8H,5-6H2,2-3H3. The molecule has 0 aromatic carbocycles. The molecule has 1 atom stereocenters. The van der Waals surface area contributed by atoms with Gasteiger partial charge in [-0.1, -0.05) is 5.92 Å². The highest BCUT2D eigenvalue weighted by atomic mass is 16.2. The Labute approximate surface area is 67.6 Å². The molecular weight excluding hydrogens is 138 g/mol. The van der Waals surface area contributed by atoms with Crippen LogP contribution in [0.2, 0.25) is 0 Å². The van der Waals surface area contributed by atoms with Crippen molar-refractivity contribution in [3.63, 3.8) is 0 Å². The monoisotopic (exact) mass is 151 g/mol. The van der Waals surface area contributed by atoms with Crippen molar-refractivity contribution >= 4 is 5.91 Å². The number of carbonyl (C=O) groups excluding carboxylic acids is 1. The SMILES string of the molecule is C#CC(C)N(C)C(=O)C1CC1. The minimum absolute atomic E-state index is 0.0666. The van der Waals surface area contributed by atoms with Gasteiger partial charge >= 0.3 is 0 Å². The second-order valence-corrected chi connectivity index (χ2v) is 3.07. The van der Waals surface area contributed by atoms with E-state index in [1.54, 1.807) is 11.9 Å². The van der Waals surface area contributed by atoms with Crippen LogP contribution < -0.4 is 0 Å². The van der Waals surface area contributed by atoms with Gasteiger partial charge in [-0.15, -0.1) is 6.42 Å². The smallest absolute Gasteiger partial charge is 0.226 e. The van der Waals surface area contributed by atoms with Crippen LogP contribution in [0.3, 0.4) is 0 Å². The summed E-state index contributed by atoms with van der Waals surface area (Å²) in [6.45, 7) is 1.86. The Kier molecular flexibility index (Phi) is 2.19. The molecule has 11 heavy (non-hydrogen) atoms. The van der Waals surface area contributed by atoms with Crippen molar-refractivity contribution in [3.8, 4) is 12.3 Å². The highest BCUT2D eigenvalue weighted by Crippen LogP contribution is 2.30. The maximum absolute atomic E-state index is 11.3. The number of hydrogen-bond donors (Lipinski definition) is 0. The van der Waals surface area contributed by atoms with Crippen LogP contribution in [0, 0.1) is 18.3 Å². The van der Waals surface area contributed by atoms with Crippen LogP contribution in [-0.2, 0) is 4.79 Å². The summed E-state index contributed by atoms with van der Waals surface area (Å²) in [5.41, 5.74) is 0. The molecule has 0 heterocycles. The lowest BCUT2D eigenvalue weighted by Crippen LogP contribution is -2.35. The lowest BCUT2D eigenvalue weighted by Gasteiger charge is -2.20. The molecule has 1 rings (SSSR count). The molecule has 0 aromatic rings. The largest absolute Gasteiger partial charge is 0.332 e. The third kappa shape index (κ3) is 1.74. The minimum atomic E-state index is -0.0666. The van der Waals surface area contributed by atoms with Gasteiger partial charge in [0.2, 0.25) is 5.91 Å². The Hall–Kier alpha value is -0.970. The minimum Gasteiger partial charge on any atom is -0.332 e. The number of hydrogen-bond acceptors (Lipinski definition) is 1. The van der Waals surface area contributed by atoms with Gasteiger partial charge in [-0.3, -0.25) is 4.79 Å². The molecule has 1 unspecified atom stereocenters. The molecule has 0 spiro atoms. The summed E-state index contributed by atoms with van der Waals surface area (Å²) in [7, 11) is 1.77. The Balaban J connectivity index is 2.46. The molecule has 0 N–H and O–H groups in total. The summed E-state index contributed by atoms with van der Waals surface area (Å²) in [6.07, 6.45) is 7.27. The first kappa shape index (κ1) is 8.13. The predicted octanol–water partition coefficient (Wildman–Crippen LogP) is 0.877. The molecule has 0 bridgehead atoms. The van der Waals surface area contributed by atoms with Crippen molar-refractivity contribution in [1.29, 1.82) is 0 Å². The number of nitrogens with zero attached hydrogens (tertiary/aromatic N) is 1. The van der Waals surface area contributed by atoms with Crippen molar-refractivity contribution in [2.45, 2.75) is 25.8 Å². The van der Waals surface area contributed by atoms with E-state index >= 15 is 0 Å². The van der Waals surface area contributed by atoms with E-state index in [1.165, 1.54) is 0 Å². The zero-order valence-electron chi connectivity index (χ0n) is 7.00. The topological polar surface area (TPSA) is 20.3 Å². The third-order valence-electron chi connectivity index (χ3n) is 2.10. The number of carbonyl (C=O) groups is 1. The number of rotatable bonds is 2. The number of amides is 1. The Morgan fingerprint density at radius 1 is 1.73 bits per heavy atom. The zero-order chi connectivity index (χ0) is 8.43. The van der Waals surface area contributed by atoms with Crippen LogP contribution >= 0.6 is 0 Å². The van der Waals surface area contributed by atoms with Crippen LogP contribution in [0.25, 0.3) is 0 Å². The molecule has 2 nitrogen and oxygen atoms in total. The maximum Gasteiger partial charge on any atom is 0.226 e. The maximum atomic E-state index is 11.3. The van der Waals surface area contributed by atoms with E-state index in [1.807, 2.05) is 6.92 Å². The molecule has 0 aliphatic heterocycles. The molecule has 0 aromatic heterocycles. The summed E-state index contributed by atoms with van der Waals surface area (Å²) < 4.78 is 0.